The van der Waals surface area contributed by atoms with Gasteiger partial charge in [-0.1, -0.05) is 47.0 Å². The summed E-state index contributed by atoms with van der Waals surface area (Å²) in [6.45, 7) is 1.74. The topological polar surface area (TPSA) is 36.4 Å². The van der Waals surface area contributed by atoms with Gasteiger partial charge in [0, 0.05) is 34.8 Å². The van der Waals surface area contributed by atoms with Crippen molar-refractivity contribution < 1.29 is 26.7 Å². The zero-order valence-corrected chi connectivity index (χ0v) is 22.3. The molecule has 39 heavy (non-hydrogen) atoms. The van der Waals surface area contributed by atoms with Crippen LogP contribution in [0.25, 0.3) is 6.08 Å². The van der Waals surface area contributed by atoms with Gasteiger partial charge in [0.05, 0.1) is 5.56 Å². The number of rotatable bonds is 4. The number of anilines is 1. The summed E-state index contributed by atoms with van der Waals surface area (Å²) in [7, 11) is 0. The highest BCUT2D eigenvalue weighted by molar-refractivity contribution is 6.33. The van der Waals surface area contributed by atoms with Gasteiger partial charge in [0.15, 0.2) is 23.3 Å². The second kappa shape index (κ2) is 10.7. The van der Waals surface area contributed by atoms with Gasteiger partial charge >= 0.3 is 0 Å². The molecule has 1 amide bonds. The van der Waals surface area contributed by atoms with E-state index in [4.69, 9.17) is 34.8 Å². The SMILES string of the molecule is O=C(c1cc(Cl)nc(Cl)c1)N1CC2(CCN(CC=Cc3c(F)c(F)c(F)c(F)c3F)CC2)c2cc(Cl)ccc21. The van der Waals surface area contributed by atoms with Crippen molar-refractivity contribution in [3.05, 3.63) is 97.5 Å². The Bertz CT molecular complexity index is 1460. The molecule has 0 unspecified atom stereocenters. The Balaban J connectivity index is 1.33. The van der Waals surface area contributed by atoms with Crippen LogP contribution < -0.4 is 4.90 Å². The fourth-order valence-electron chi connectivity index (χ4n) is 5.25. The van der Waals surface area contributed by atoms with E-state index in [-0.39, 0.29) is 22.8 Å². The minimum Gasteiger partial charge on any atom is -0.307 e. The van der Waals surface area contributed by atoms with Gasteiger partial charge in [-0.15, -0.1) is 0 Å². The Morgan fingerprint density at radius 1 is 0.897 bits per heavy atom. The number of halogens is 8. The molecular formula is C27H19Cl3F5N3O. The van der Waals surface area contributed by atoms with E-state index in [1.807, 2.05) is 11.0 Å². The van der Waals surface area contributed by atoms with E-state index in [9.17, 15) is 26.7 Å². The molecule has 2 aromatic carbocycles. The van der Waals surface area contributed by atoms with E-state index in [0.717, 1.165) is 17.3 Å². The third-order valence-electron chi connectivity index (χ3n) is 7.24. The van der Waals surface area contributed by atoms with Crippen molar-refractivity contribution in [2.45, 2.75) is 18.3 Å². The van der Waals surface area contributed by atoms with Crippen LogP contribution in [0.4, 0.5) is 27.6 Å². The number of amides is 1. The van der Waals surface area contributed by atoms with Crippen LogP contribution in [0.5, 0.6) is 0 Å². The third-order valence-corrected chi connectivity index (χ3v) is 7.86. The number of piperidine rings is 1. The van der Waals surface area contributed by atoms with E-state index in [2.05, 4.69) is 4.98 Å². The Labute approximate surface area is 235 Å². The fourth-order valence-corrected chi connectivity index (χ4v) is 5.88. The van der Waals surface area contributed by atoms with Crippen LogP contribution in [0.3, 0.4) is 0 Å². The lowest BCUT2D eigenvalue weighted by atomic mass is 9.74. The summed E-state index contributed by atoms with van der Waals surface area (Å²) < 4.78 is 68.2. The van der Waals surface area contributed by atoms with Crippen LogP contribution in [0.2, 0.25) is 15.3 Å². The average Bonchev–Trinajstić information content (AvgIpc) is 3.21. The molecule has 204 valence electrons. The van der Waals surface area contributed by atoms with Crippen LogP contribution in [0.1, 0.15) is 34.3 Å². The van der Waals surface area contributed by atoms with Gasteiger partial charge in [-0.2, -0.15) is 0 Å². The van der Waals surface area contributed by atoms with Crippen molar-refractivity contribution in [3.63, 3.8) is 0 Å². The summed E-state index contributed by atoms with van der Waals surface area (Å²) >= 11 is 18.3. The first-order valence-electron chi connectivity index (χ1n) is 11.9. The number of hydrogen-bond donors (Lipinski definition) is 0. The van der Waals surface area contributed by atoms with E-state index >= 15 is 0 Å². The molecule has 1 aromatic heterocycles. The summed E-state index contributed by atoms with van der Waals surface area (Å²) in [5.74, 6) is -10.2. The second-order valence-corrected chi connectivity index (χ2v) is 10.7. The normalized spacial score (nSPS) is 16.9. The fraction of sp³-hybridized carbons (Fsp3) is 0.259. The summed E-state index contributed by atoms with van der Waals surface area (Å²) in [5, 5.41) is 0.734. The minimum atomic E-state index is -2.19. The molecule has 0 radical (unpaired) electrons. The number of nitrogens with zero attached hydrogens (tertiary/aromatic N) is 3. The van der Waals surface area contributed by atoms with Crippen molar-refractivity contribution >= 4 is 52.5 Å². The van der Waals surface area contributed by atoms with E-state index in [0.29, 0.717) is 43.1 Å². The van der Waals surface area contributed by atoms with E-state index in [1.165, 1.54) is 18.2 Å². The maximum atomic E-state index is 14.0. The highest BCUT2D eigenvalue weighted by Crippen LogP contribution is 2.48. The highest BCUT2D eigenvalue weighted by atomic mass is 35.5. The Hall–Kier alpha value is -2.72. The lowest BCUT2D eigenvalue weighted by Gasteiger charge is -2.39. The van der Waals surface area contributed by atoms with Crippen LogP contribution >= 0.6 is 34.8 Å². The van der Waals surface area contributed by atoms with Gasteiger partial charge in [0.25, 0.3) is 5.91 Å². The van der Waals surface area contributed by atoms with Gasteiger partial charge in [-0.05, 0) is 61.8 Å². The molecule has 3 heterocycles. The molecule has 5 rings (SSSR count). The molecular weight excluding hydrogens is 584 g/mol. The molecule has 1 fully saturated rings. The largest absolute Gasteiger partial charge is 0.307 e. The Morgan fingerprint density at radius 2 is 1.49 bits per heavy atom. The van der Waals surface area contributed by atoms with Gasteiger partial charge in [-0.3, -0.25) is 9.69 Å². The Kier molecular flexibility index (Phi) is 7.63. The van der Waals surface area contributed by atoms with Crippen molar-refractivity contribution in [3.8, 4) is 0 Å². The average molecular weight is 603 g/mol. The van der Waals surface area contributed by atoms with Gasteiger partial charge in [0.2, 0.25) is 5.82 Å². The number of carbonyl (C=O) groups excluding carboxylic acids is 1. The lowest BCUT2D eigenvalue weighted by molar-refractivity contribution is 0.0977. The zero-order chi connectivity index (χ0) is 28.1. The van der Waals surface area contributed by atoms with Crippen LogP contribution in [0, 0.1) is 29.1 Å². The second-order valence-electron chi connectivity index (χ2n) is 9.52. The van der Waals surface area contributed by atoms with Crippen LogP contribution in [-0.2, 0) is 5.41 Å². The maximum absolute atomic E-state index is 14.0. The zero-order valence-electron chi connectivity index (χ0n) is 20.1. The first kappa shape index (κ1) is 27.8. The molecule has 0 bridgehead atoms. The van der Waals surface area contributed by atoms with Crippen molar-refractivity contribution in [1.82, 2.24) is 9.88 Å². The monoisotopic (exact) mass is 601 g/mol. The smallest absolute Gasteiger partial charge is 0.258 e. The number of benzene rings is 2. The lowest BCUT2D eigenvalue weighted by Crippen LogP contribution is -2.46. The third kappa shape index (κ3) is 5.13. The van der Waals surface area contributed by atoms with Crippen LogP contribution in [0.15, 0.2) is 36.4 Å². The molecule has 0 atom stereocenters. The molecule has 3 aromatic rings. The Morgan fingerprint density at radius 3 is 2.10 bits per heavy atom. The molecule has 2 aliphatic rings. The van der Waals surface area contributed by atoms with Crippen molar-refractivity contribution in [2.24, 2.45) is 0 Å². The number of aromatic nitrogens is 1. The first-order chi connectivity index (χ1) is 18.5. The highest BCUT2D eigenvalue weighted by Gasteiger charge is 2.46. The molecule has 12 heteroatoms. The molecule has 1 saturated heterocycles. The minimum absolute atomic E-state index is 0.100. The van der Waals surface area contributed by atoms with Crippen LogP contribution in [-0.4, -0.2) is 42.0 Å². The number of carbonyl (C=O) groups is 1. The van der Waals surface area contributed by atoms with E-state index < -0.39 is 40.1 Å². The molecule has 0 aliphatic carbocycles. The number of likely N-dealkylation sites (tertiary alicyclic amines) is 1. The van der Waals surface area contributed by atoms with E-state index in [1.54, 1.807) is 17.0 Å². The van der Waals surface area contributed by atoms with Crippen molar-refractivity contribution in [2.75, 3.05) is 31.1 Å². The first-order valence-corrected chi connectivity index (χ1v) is 13.0. The quantitative estimate of drug-likeness (QED) is 0.135. The van der Waals surface area contributed by atoms with Gasteiger partial charge in [0.1, 0.15) is 10.3 Å². The summed E-state index contributed by atoms with van der Waals surface area (Å²) in [6.07, 6.45) is 3.54. The number of hydrogen-bond acceptors (Lipinski definition) is 3. The summed E-state index contributed by atoms with van der Waals surface area (Å²) in [6, 6.07) is 8.28. The summed E-state index contributed by atoms with van der Waals surface area (Å²) in [5.41, 5.74) is 0.593. The standard InChI is InChI=1S/C27H19Cl3F5N3O/c28-15-3-4-18-17(12-15)27(13-38(18)26(39)14-10-19(29)36-20(30)11-14)5-8-37(9-6-27)7-1-2-16-21(31)23(33)25(35)24(34)22(16)32/h1-4,10-12H,5-9,13H2. The van der Waals surface area contributed by atoms with Gasteiger partial charge < -0.3 is 4.90 Å². The number of pyridine rings is 1. The molecule has 1 spiro atoms. The molecule has 4 nitrogen and oxygen atoms in total. The summed E-state index contributed by atoms with van der Waals surface area (Å²) in [4.78, 5) is 21.0. The molecule has 2 aliphatic heterocycles. The number of fused-ring (bicyclic) bond motifs is 2. The maximum Gasteiger partial charge on any atom is 0.258 e. The predicted octanol–water partition coefficient (Wildman–Crippen LogP) is 7.44. The predicted molar refractivity (Wildman–Crippen MR) is 140 cm³/mol. The molecule has 0 saturated carbocycles. The van der Waals surface area contributed by atoms with Crippen molar-refractivity contribution in [1.29, 1.82) is 0 Å². The molecule has 0 N–H and O–H groups in total. The van der Waals surface area contributed by atoms with Gasteiger partial charge in [-0.25, -0.2) is 26.9 Å².